The Balaban J connectivity index is 1.85. The van der Waals surface area contributed by atoms with E-state index in [-0.39, 0.29) is 0 Å². The topological polar surface area (TPSA) is 6.48 Å². The maximum Gasteiger partial charge on any atom is 0.0336 e. The van der Waals surface area contributed by atoms with Crippen molar-refractivity contribution in [1.82, 2.24) is 9.80 Å². The first kappa shape index (κ1) is 13.5. The molecule has 96 valence electrons. The van der Waals surface area contributed by atoms with Crippen LogP contribution in [-0.2, 0) is 6.54 Å². The Morgan fingerprint density at radius 1 is 1.59 bits per heavy atom. The molecule has 1 aliphatic heterocycles. The lowest BCUT2D eigenvalue weighted by Crippen LogP contribution is -2.38. The summed E-state index contributed by atoms with van der Waals surface area (Å²) in [6.45, 7) is 7.01. The van der Waals surface area contributed by atoms with Crippen molar-refractivity contribution in [1.29, 1.82) is 0 Å². The van der Waals surface area contributed by atoms with Crippen LogP contribution in [0.3, 0.4) is 0 Å². The minimum atomic E-state index is 0.767. The molecule has 0 spiro atoms. The zero-order valence-corrected chi connectivity index (χ0v) is 13.1. The lowest BCUT2D eigenvalue weighted by molar-refractivity contribution is 0.195. The number of likely N-dealkylation sites (N-methyl/N-ethyl adjacent to an activating group) is 2. The molecule has 1 fully saturated rings. The Hall–Kier alpha value is 0.100. The van der Waals surface area contributed by atoms with Gasteiger partial charge in [-0.3, -0.25) is 9.80 Å². The molecule has 1 aliphatic rings. The first-order valence-corrected chi connectivity index (χ1v) is 8.02. The predicted molar refractivity (Wildman–Crippen MR) is 78.6 cm³/mol. The number of halogens is 1. The van der Waals surface area contributed by atoms with Gasteiger partial charge in [0, 0.05) is 28.5 Å². The molecule has 1 unspecified atom stereocenters. The second-order valence-electron chi connectivity index (χ2n) is 4.81. The van der Waals surface area contributed by atoms with Crippen LogP contribution in [0.2, 0.25) is 0 Å². The van der Waals surface area contributed by atoms with E-state index in [1.54, 1.807) is 0 Å². The lowest BCUT2D eigenvalue weighted by Gasteiger charge is -2.27. The van der Waals surface area contributed by atoms with Crippen molar-refractivity contribution in [3.8, 4) is 0 Å². The highest BCUT2D eigenvalue weighted by atomic mass is 79.9. The van der Waals surface area contributed by atoms with Gasteiger partial charge < -0.3 is 0 Å². The molecule has 0 radical (unpaired) electrons. The van der Waals surface area contributed by atoms with Crippen molar-refractivity contribution in [2.24, 2.45) is 0 Å². The number of hydrogen-bond acceptors (Lipinski definition) is 3. The van der Waals surface area contributed by atoms with Gasteiger partial charge in [-0.25, -0.2) is 0 Å². The highest BCUT2D eigenvalue weighted by Gasteiger charge is 2.24. The number of nitrogens with zero attached hydrogens (tertiary/aromatic N) is 2. The van der Waals surface area contributed by atoms with Crippen LogP contribution in [0.15, 0.2) is 15.9 Å². The second kappa shape index (κ2) is 6.32. The van der Waals surface area contributed by atoms with Crippen molar-refractivity contribution in [3.05, 3.63) is 20.8 Å². The van der Waals surface area contributed by atoms with Crippen LogP contribution in [0, 0.1) is 0 Å². The van der Waals surface area contributed by atoms with Gasteiger partial charge in [0.05, 0.1) is 0 Å². The van der Waals surface area contributed by atoms with Crippen LogP contribution >= 0.6 is 27.3 Å². The molecule has 2 nitrogen and oxygen atoms in total. The van der Waals surface area contributed by atoms with Crippen LogP contribution in [0.1, 0.15) is 24.6 Å². The summed E-state index contributed by atoms with van der Waals surface area (Å²) in [6, 6.07) is 2.91. The molecule has 0 N–H and O–H groups in total. The Bertz CT molecular complexity index is 353. The predicted octanol–water partition coefficient (Wildman–Crippen LogP) is 3.43. The van der Waals surface area contributed by atoms with E-state index in [2.05, 4.69) is 51.1 Å². The smallest absolute Gasteiger partial charge is 0.0336 e. The maximum atomic E-state index is 3.61. The molecule has 1 aromatic rings. The van der Waals surface area contributed by atoms with Crippen molar-refractivity contribution in [2.75, 3.05) is 26.7 Å². The average molecular weight is 317 g/mol. The molecular formula is C13H21BrN2S. The monoisotopic (exact) mass is 316 g/mol. The molecule has 0 aromatic carbocycles. The van der Waals surface area contributed by atoms with Gasteiger partial charge in [0.2, 0.25) is 0 Å². The summed E-state index contributed by atoms with van der Waals surface area (Å²) in [5, 5.41) is 2.15. The van der Waals surface area contributed by atoms with Crippen LogP contribution in [0.25, 0.3) is 0 Å². The molecule has 1 atom stereocenters. The summed E-state index contributed by atoms with van der Waals surface area (Å²) < 4.78 is 1.26. The number of thiophene rings is 1. The Morgan fingerprint density at radius 3 is 3.06 bits per heavy atom. The Morgan fingerprint density at radius 2 is 2.41 bits per heavy atom. The van der Waals surface area contributed by atoms with E-state index >= 15 is 0 Å². The molecule has 0 amide bonds. The number of likely N-dealkylation sites (tertiary alicyclic amines) is 1. The third-order valence-electron chi connectivity index (χ3n) is 3.53. The van der Waals surface area contributed by atoms with Crippen LogP contribution in [-0.4, -0.2) is 42.5 Å². The summed E-state index contributed by atoms with van der Waals surface area (Å²) >= 11 is 5.45. The largest absolute Gasteiger partial charge is 0.300 e. The van der Waals surface area contributed by atoms with Gasteiger partial charge in [0.25, 0.3) is 0 Å². The van der Waals surface area contributed by atoms with Crippen LogP contribution in [0.4, 0.5) is 0 Å². The summed E-state index contributed by atoms with van der Waals surface area (Å²) in [4.78, 5) is 6.50. The fourth-order valence-corrected chi connectivity index (χ4v) is 4.18. The quantitative estimate of drug-likeness (QED) is 0.821. The molecular weight excluding hydrogens is 296 g/mol. The Labute approximate surface area is 117 Å². The van der Waals surface area contributed by atoms with Gasteiger partial charge in [0.1, 0.15) is 0 Å². The lowest BCUT2D eigenvalue weighted by atomic mass is 10.2. The van der Waals surface area contributed by atoms with E-state index in [0.717, 1.165) is 12.6 Å². The zero-order chi connectivity index (χ0) is 12.3. The molecule has 1 saturated heterocycles. The molecule has 0 bridgehead atoms. The van der Waals surface area contributed by atoms with Crippen LogP contribution < -0.4 is 0 Å². The van der Waals surface area contributed by atoms with Gasteiger partial charge in [-0.15, -0.1) is 11.3 Å². The first-order valence-electron chi connectivity index (χ1n) is 6.35. The third-order valence-corrected chi connectivity index (χ3v) is 5.44. The van der Waals surface area contributed by atoms with E-state index in [9.17, 15) is 0 Å². The van der Waals surface area contributed by atoms with Crippen molar-refractivity contribution < 1.29 is 0 Å². The van der Waals surface area contributed by atoms with Crippen molar-refractivity contribution in [2.45, 2.75) is 32.4 Å². The van der Waals surface area contributed by atoms with Crippen LogP contribution in [0.5, 0.6) is 0 Å². The summed E-state index contributed by atoms with van der Waals surface area (Å²) in [7, 11) is 2.23. The van der Waals surface area contributed by atoms with Crippen molar-refractivity contribution in [3.63, 3.8) is 0 Å². The van der Waals surface area contributed by atoms with E-state index in [1.807, 2.05) is 11.3 Å². The minimum absolute atomic E-state index is 0.767. The van der Waals surface area contributed by atoms with E-state index in [0.29, 0.717) is 0 Å². The summed E-state index contributed by atoms with van der Waals surface area (Å²) in [5.74, 6) is 0. The summed E-state index contributed by atoms with van der Waals surface area (Å²) in [5.41, 5.74) is 0. The van der Waals surface area contributed by atoms with Gasteiger partial charge in [-0.05, 0) is 60.4 Å². The van der Waals surface area contributed by atoms with E-state index in [1.165, 1.54) is 41.8 Å². The fraction of sp³-hybridized carbons (Fsp3) is 0.692. The molecule has 0 saturated carbocycles. The van der Waals surface area contributed by atoms with E-state index < -0.39 is 0 Å². The third kappa shape index (κ3) is 3.53. The minimum Gasteiger partial charge on any atom is -0.300 e. The fourth-order valence-electron chi connectivity index (χ4n) is 2.63. The molecule has 2 heterocycles. The maximum absolute atomic E-state index is 3.61. The van der Waals surface area contributed by atoms with Crippen molar-refractivity contribution >= 4 is 27.3 Å². The molecule has 1 aromatic heterocycles. The van der Waals surface area contributed by atoms with Gasteiger partial charge >= 0.3 is 0 Å². The first-order chi connectivity index (χ1) is 8.20. The second-order valence-corrected chi connectivity index (χ2v) is 6.67. The molecule has 2 rings (SSSR count). The number of hydrogen-bond donors (Lipinski definition) is 0. The highest BCUT2D eigenvalue weighted by molar-refractivity contribution is 9.10. The number of rotatable bonds is 5. The molecule has 0 aliphatic carbocycles. The summed E-state index contributed by atoms with van der Waals surface area (Å²) in [6.07, 6.45) is 2.73. The standard InChI is InChI=1S/C13H21BrN2S/c1-3-16-7-4-5-11(16)9-15(2)10-13-12(14)6-8-17-13/h6,8,11H,3-5,7,9-10H2,1-2H3. The zero-order valence-electron chi connectivity index (χ0n) is 10.7. The molecule has 17 heavy (non-hydrogen) atoms. The average Bonchev–Trinajstić information content (AvgIpc) is 2.89. The highest BCUT2D eigenvalue weighted by Crippen LogP contribution is 2.24. The molecule has 4 heteroatoms. The van der Waals surface area contributed by atoms with Gasteiger partial charge in [-0.2, -0.15) is 0 Å². The van der Waals surface area contributed by atoms with Gasteiger partial charge in [-0.1, -0.05) is 6.92 Å². The van der Waals surface area contributed by atoms with Gasteiger partial charge in [0.15, 0.2) is 0 Å². The SMILES string of the molecule is CCN1CCCC1CN(C)Cc1sccc1Br. The van der Waals surface area contributed by atoms with E-state index in [4.69, 9.17) is 0 Å². The Kier molecular flexibility index (Phi) is 5.03. The normalized spacial score (nSPS) is 21.5.